The van der Waals surface area contributed by atoms with Crippen LogP contribution in [0.15, 0.2) is 54.2 Å². The highest BCUT2D eigenvalue weighted by atomic mass is 32.1. The van der Waals surface area contributed by atoms with Crippen molar-refractivity contribution < 1.29 is 14.3 Å². The second-order valence-corrected chi connectivity index (χ2v) is 10.9. The number of amides is 1. The zero-order valence-corrected chi connectivity index (χ0v) is 22.2. The van der Waals surface area contributed by atoms with Gasteiger partial charge >= 0.3 is 5.97 Å². The lowest BCUT2D eigenvalue weighted by Crippen LogP contribution is -2.45. The highest BCUT2D eigenvalue weighted by Gasteiger charge is 2.42. The van der Waals surface area contributed by atoms with E-state index in [2.05, 4.69) is 10.2 Å². The highest BCUT2D eigenvalue weighted by Crippen LogP contribution is 2.41. The molecule has 0 atom stereocenters. The molecule has 1 N–H and O–H groups in total. The number of aryl methyl sites for hydroxylation is 1. The SMILES string of the molecule is COC(=O)c1scc(C)c1NC(=S)N1CCC2(CCN(C(=O)c3ccccc3-n3cccc3)CC2)C1. The van der Waals surface area contributed by atoms with Crippen LogP contribution in [-0.4, -0.2) is 64.6 Å². The first kappa shape index (κ1) is 24.5. The first-order valence-electron chi connectivity index (χ1n) is 12.1. The Kier molecular flexibility index (Phi) is 6.85. The van der Waals surface area contributed by atoms with E-state index in [0.29, 0.717) is 9.99 Å². The van der Waals surface area contributed by atoms with Crippen molar-refractivity contribution in [1.29, 1.82) is 0 Å². The summed E-state index contributed by atoms with van der Waals surface area (Å²) in [5, 5.41) is 5.88. The van der Waals surface area contributed by atoms with Gasteiger partial charge in [-0.3, -0.25) is 4.79 Å². The van der Waals surface area contributed by atoms with Crippen molar-refractivity contribution >= 4 is 46.2 Å². The lowest BCUT2D eigenvalue weighted by atomic mass is 9.77. The zero-order chi connectivity index (χ0) is 25.3. The van der Waals surface area contributed by atoms with Crippen molar-refractivity contribution in [3.63, 3.8) is 0 Å². The van der Waals surface area contributed by atoms with Crippen LogP contribution < -0.4 is 5.32 Å². The number of aromatic nitrogens is 1. The maximum atomic E-state index is 13.4. The summed E-state index contributed by atoms with van der Waals surface area (Å²) in [6.07, 6.45) is 6.88. The quantitative estimate of drug-likeness (QED) is 0.386. The molecule has 0 saturated carbocycles. The van der Waals surface area contributed by atoms with Crippen molar-refractivity contribution in [3.8, 4) is 5.69 Å². The fraction of sp³-hybridized carbons (Fsp3) is 0.370. The van der Waals surface area contributed by atoms with Gasteiger partial charge in [-0.2, -0.15) is 0 Å². The van der Waals surface area contributed by atoms with Crippen molar-refractivity contribution in [2.24, 2.45) is 5.41 Å². The molecule has 0 bridgehead atoms. The van der Waals surface area contributed by atoms with Gasteiger partial charge in [0.1, 0.15) is 4.88 Å². The minimum absolute atomic E-state index is 0.0875. The van der Waals surface area contributed by atoms with Crippen LogP contribution in [0.3, 0.4) is 0 Å². The molecule has 2 saturated heterocycles. The molecule has 2 fully saturated rings. The Morgan fingerprint density at radius 3 is 2.39 bits per heavy atom. The van der Waals surface area contributed by atoms with Crippen molar-refractivity contribution in [1.82, 2.24) is 14.4 Å². The van der Waals surface area contributed by atoms with E-state index in [1.165, 1.54) is 18.4 Å². The third-order valence-corrected chi connectivity index (χ3v) is 8.87. The van der Waals surface area contributed by atoms with E-state index in [-0.39, 0.29) is 17.3 Å². The summed E-state index contributed by atoms with van der Waals surface area (Å²) < 4.78 is 6.91. The summed E-state index contributed by atoms with van der Waals surface area (Å²) >= 11 is 7.10. The molecule has 3 aromatic rings. The molecule has 2 aliphatic heterocycles. The van der Waals surface area contributed by atoms with Crippen molar-refractivity contribution in [2.45, 2.75) is 26.2 Å². The lowest BCUT2D eigenvalue weighted by Gasteiger charge is -2.39. The number of rotatable bonds is 4. The molecule has 5 rings (SSSR count). The summed E-state index contributed by atoms with van der Waals surface area (Å²) in [7, 11) is 1.39. The molecular formula is C27H30N4O3S2. The number of anilines is 1. The Balaban J connectivity index is 1.22. The summed E-state index contributed by atoms with van der Waals surface area (Å²) in [6.45, 7) is 5.16. The molecule has 188 valence electrons. The van der Waals surface area contributed by atoms with E-state index in [1.54, 1.807) is 0 Å². The maximum absolute atomic E-state index is 13.4. The fourth-order valence-electron chi connectivity index (χ4n) is 5.27. The minimum Gasteiger partial charge on any atom is -0.465 e. The molecule has 1 amide bonds. The van der Waals surface area contributed by atoms with Crippen LogP contribution in [0.1, 0.15) is 44.9 Å². The van der Waals surface area contributed by atoms with E-state index in [0.717, 1.165) is 67.9 Å². The van der Waals surface area contributed by atoms with Gasteiger partial charge in [0, 0.05) is 38.6 Å². The molecule has 0 radical (unpaired) electrons. The Bertz CT molecular complexity index is 1280. The van der Waals surface area contributed by atoms with Gasteiger partial charge in [-0.15, -0.1) is 11.3 Å². The average Bonchev–Trinajstić information content (AvgIpc) is 3.66. The monoisotopic (exact) mass is 522 g/mol. The third kappa shape index (κ3) is 4.65. The van der Waals surface area contributed by atoms with E-state index in [1.807, 2.05) is 70.6 Å². The number of para-hydroxylation sites is 1. The molecular weight excluding hydrogens is 492 g/mol. The van der Waals surface area contributed by atoms with Gasteiger partial charge in [0.05, 0.1) is 24.0 Å². The lowest BCUT2D eigenvalue weighted by molar-refractivity contribution is 0.0593. The van der Waals surface area contributed by atoms with Crippen LogP contribution in [0.2, 0.25) is 0 Å². The van der Waals surface area contributed by atoms with E-state index < -0.39 is 0 Å². The number of nitrogens with one attached hydrogen (secondary N) is 1. The molecule has 1 aromatic carbocycles. The normalized spacial score (nSPS) is 16.8. The smallest absolute Gasteiger partial charge is 0.350 e. The Morgan fingerprint density at radius 2 is 1.69 bits per heavy atom. The van der Waals surface area contributed by atoms with Gasteiger partial charge in [0.2, 0.25) is 0 Å². The Labute approximate surface area is 220 Å². The molecule has 0 aliphatic carbocycles. The number of piperidine rings is 1. The van der Waals surface area contributed by atoms with Crippen LogP contribution in [0, 0.1) is 12.3 Å². The van der Waals surface area contributed by atoms with Crippen LogP contribution in [0.5, 0.6) is 0 Å². The van der Waals surface area contributed by atoms with Crippen LogP contribution in [-0.2, 0) is 4.74 Å². The van der Waals surface area contributed by atoms with Crippen molar-refractivity contribution in [2.75, 3.05) is 38.6 Å². The first-order valence-corrected chi connectivity index (χ1v) is 13.4. The van der Waals surface area contributed by atoms with Crippen molar-refractivity contribution in [3.05, 3.63) is 70.2 Å². The number of hydrogen-bond donors (Lipinski definition) is 1. The number of ether oxygens (including phenoxy) is 1. The van der Waals surface area contributed by atoms with Crippen LogP contribution in [0.4, 0.5) is 5.69 Å². The minimum atomic E-state index is -0.355. The van der Waals surface area contributed by atoms with E-state index in [9.17, 15) is 9.59 Å². The highest BCUT2D eigenvalue weighted by molar-refractivity contribution is 7.80. The molecule has 1 spiro atoms. The van der Waals surface area contributed by atoms with E-state index >= 15 is 0 Å². The number of carbonyl (C=O) groups excluding carboxylic acids is 2. The maximum Gasteiger partial charge on any atom is 0.350 e. The number of methoxy groups -OCH3 is 1. The molecule has 9 heteroatoms. The second-order valence-electron chi connectivity index (χ2n) is 9.62. The van der Waals surface area contributed by atoms with Gasteiger partial charge in [-0.25, -0.2) is 4.79 Å². The molecule has 0 unspecified atom stereocenters. The number of benzene rings is 1. The molecule has 7 nitrogen and oxygen atoms in total. The number of hydrogen-bond acceptors (Lipinski definition) is 5. The largest absolute Gasteiger partial charge is 0.465 e. The van der Waals surface area contributed by atoms with Crippen LogP contribution in [0.25, 0.3) is 5.69 Å². The van der Waals surface area contributed by atoms with E-state index in [4.69, 9.17) is 17.0 Å². The van der Waals surface area contributed by atoms with Gasteiger partial charge in [0.15, 0.2) is 5.11 Å². The number of esters is 1. The summed E-state index contributed by atoms with van der Waals surface area (Å²) in [5.74, 6) is -0.267. The predicted molar refractivity (Wildman–Crippen MR) is 146 cm³/mol. The topological polar surface area (TPSA) is 66.8 Å². The standard InChI is InChI=1S/C27H30N4O3S2/c1-19-17-36-23(25(33)34-2)22(19)28-26(35)31-16-11-27(18-31)9-14-30(15-10-27)24(32)20-7-3-4-8-21(20)29-12-5-6-13-29/h3-8,12-13,17H,9-11,14-16,18H2,1-2H3,(H,28,35). The Morgan fingerprint density at radius 1 is 1.03 bits per heavy atom. The average molecular weight is 523 g/mol. The molecule has 2 aliphatic rings. The predicted octanol–water partition coefficient (Wildman–Crippen LogP) is 4.96. The van der Waals surface area contributed by atoms with Gasteiger partial charge in [-0.05, 0) is 79.0 Å². The van der Waals surface area contributed by atoms with Gasteiger partial charge in [0.25, 0.3) is 5.91 Å². The summed E-state index contributed by atoms with van der Waals surface area (Å²) in [4.78, 5) is 30.3. The second kappa shape index (κ2) is 10.1. The Hall–Kier alpha value is -3.17. The summed E-state index contributed by atoms with van der Waals surface area (Å²) in [5.41, 5.74) is 3.50. The fourth-order valence-corrected chi connectivity index (χ4v) is 6.45. The number of thiocarbonyl (C=S) groups is 1. The molecule has 2 aromatic heterocycles. The number of nitrogens with zero attached hydrogens (tertiary/aromatic N) is 3. The number of likely N-dealkylation sites (tertiary alicyclic amines) is 2. The molecule has 36 heavy (non-hydrogen) atoms. The van der Waals surface area contributed by atoms with Gasteiger partial charge in [-0.1, -0.05) is 12.1 Å². The summed E-state index contributed by atoms with van der Waals surface area (Å²) in [6, 6.07) is 11.7. The van der Waals surface area contributed by atoms with Gasteiger partial charge < -0.3 is 24.4 Å². The zero-order valence-electron chi connectivity index (χ0n) is 20.5. The first-order chi connectivity index (χ1) is 17.4. The molecule has 4 heterocycles. The van der Waals surface area contributed by atoms with Crippen LogP contribution >= 0.6 is 23.6 Å². The third-order valence-electron chi connectivity index (χ3n) is 7.43. The number of thiophene rings is 1. The number of carbonyl (C=O) groups is 2.